The van der Waals surface area contributed by atoms with Gasteiger partial charge in [0.05, 0.1) is 16.7 Å². The second-order valence-corrected chi connectivity index (χ2v) is 4.06. The summed E-state index contributed by atoms with van der Waals surface area (Å²) in [4.78, 5) is 32.7. The highest BCUT2D eigenvalue weighted by molar-refractivity contribution is 5.43. The summed E-state index contributed by atoms with van der Waals surface area (Å²) in [7, 11) is 0.825. The molecule has 0 atom stereocenters. The van der Waals surface area contributed by atoms with E-state index in [0.717, 1.165) is 7.05 Å². The van der Waals surface area contributed by atoms with Crippen LogP contribution < -0.4 is 11.4 Å². The predicted octanol–water partition coefficient (Wildman–Crippen LogP) is 0.919. The highest BCUT2D eigenvalue weighted by atomic mass is 19.3. The van der Waals surface area contributed by atoms with E-state index >= 15 is 0 Å². The Bertz CT molecular complexity index is 882. The smallest absolute Gasteiger partial charge is 0.258 e. The molecule has 1 aromatic carbocycles. The van der Waals surface area contributed by atoms with E-state index in [2.05, 4.69) is 0 Å². The Hall–Kier alpha value is -2.92. The van der Waals surface area contributed by atoms with Gasteiger partial charge in [0.2, 0.25) is 5.82 Å². The number of halogens is 4. The van der Waals surface area contributed by atoms with Crippen LogP contribution in [0.4, 0.5) is 23.2 Å². The van der Waals surface area contributed by atoms with Gasteiger partial charge in [-0.2, -0.15) is 17.9 Å². The van der Waals surface area contributed by atoms with E-state index < -0.39 is 45.9 Å². The summed E-state index contributed by atoms with van der Waals surface area (Å²) in [6.07, 6.45) is 0. The topological polar surface area (TPSA) is 92.1 Å². The lowest BCUT2D eigenvalue weighted by atomic mass is 10.2. The fraction of sp³-hybridized carbons (Fsp3) is 0.200. The minimum Gasteiger partial charge on any atom is -0.258 e. The summed E-state index contributed by atoms with van der Waals surface area (Å²) in [5.74, 6) is -3.01. The molecule has 0 bridgehead atoms. The molecule has 118 valence electrons. The minimum absolute atomic E-state index is 0.0473. The Balaban J connectivity index is 2.82. The van der Waals surface area contributed by atoms with Crippen LogP contribution in [0.1, 0.15) is 6.55 Å². The zero-order valence-electron chi connectivity index (χ0n) is 10.7. The van der Waals surface area contributed by atoms with E-state index in [9.17, 15) is 37.3 Å². The Morgan fingerprint density at radius 2 is 1.73 bits per heavy atom. The van der Waals surface area contributed by atoms with Gasteiger partial charge in [0, 0.05) is 13.1 Å². The lowest BCUT2D eigenvalue weighted by Crippen LogP contribution is -2.28. The molecule has 0 aliphatic rings. The van der Waals surface area contributed by atoms with E-state index in [1.165, 1.54) is 0 Å². The first-order chi connectivity index (χ1) is 10.2. The van der Waals surface area contributed by atoms with Gasteiger partial charge >= 0.3 is 23.6 Å². The molecule has 1 heterocycles. The van der Waals surface area contributed by atoms with Crippen LogP contribution in [0.2, 0.25) is 0 Å². The molecule has 1 aromatic heterocycles. The van der Waals surface area contributed by atoms with Crippen molar-refractivity contribution in [3.05, 3.63) is 54.9 Å². The number of nitro benzene ring substituents is 1. The third kappa shape index (κ3) is 2.17. The van der Waals surface area contributed by atoms with Crippen molar-refractivity contribution in [3.8, 4) is 5.69 Å². The van der Waals surface area contributed by atoms with Crippen molar-refractivity contribution in [2.45, 2.75) is 6.55 Å². The first-order valence-electron chi connectivity index (χ1n) is 5.49. The van der Waals surface area contributed by atoms with Crippen LogP contribution in [0, 0.1) is 21.7 Å². The molecule has 0 saturated carbocycles. The van der Waals surface area contributed by atoms with Gasteiger partial charge in [-0.05, 0) is 0 Å². The van der Waals surface area contributed by atoms with Crippen molar-refractivity contribution in [2.24, 2.45) is 7.05 Å². The molecule has 0 unspecified atom stereocenters. The Labute approximate surface area is 117 Å². The molecule has 0 saturated heterocycles. The van der Waals surface area contributed by atoms with Crippen molar-refractivity contribution in [1.82, 2.24) is 13.9 Å². The fourth-order valence-corrected chi connectivity index (χ4v) is 1.81. The summed E-state index contributed by atoms with van der Waals surface area (Å²) in [6, 6.07) is 0.363. The number of nitro groups is 1. The van der Waals surface area contributed by atoms with Crippen molar-refractivity contribution in [3.63, 3.8) is 0 Å². The van der Waals surface area contributed by atoms with E-state index in [4.69, 9.17) is 0 Å². The van der Waals surface area contributed by atoms with E-state index in [0.29, 0.717) is 0 Å². The third-order valence-corrected chi connectivity index (χ3v) is 2.82. The molecule has 2 aromatic rings. The summed E-state index contributed by atoms with van der Waals surface area (Å²) < 4.78 is 52.6. The van der Waals surface area contributed by atoms with Crippen molar-refractivity contribution in [1.29, 1.82) is 0 Å². The highest BCUT2D eigenvalue weighted by Gasteiger charge is 2.25. The second-order valence-electron chi connectivity index (χ2n) is 4.06. The molecule has 0 amide bonds. The van der Waals surface area contributed by atoms with Crippen LogP contribution in [0.5, 0.6) is 0 Å². The van der Waals surface area contributed by atoms with Gasteiger partial charge in [0.1, 0.15) is 0 Å². The van der Waals surface area contributed by atoms with Crippen molar-refractivity contribution >= 4 is 5.69 Å². The number of hydrogen-bond donors (Lipinski definition) is 0. The van der Waals surface area contributed by atoms with E-state index in [1.54, 1.807) is 0 Å². The molecule has 0 fully saturated rings. The van der Waals surface area contributed by atoms with Gasteiger partial charge in [-0.25, -0.2) is 23.2 Å². The van der Waals surface area contributed by atoms with Crippen LogP contribution in [-0.2, 0) is 7.05 Å². The molecule has 0 radical (unpaired) electrons. The average Bonchev–Trinajstić information content (AvgIpc) is 2.62. The molecule has 22 heavy (non-hydrogen) atoms. The summed E-state index contributed by atoms with van der Waals surface area (Å²) in [5.41, 5.74) is -5.21. The highest BCUT2D eigenvalue weighted by Crippen LogP contribution is 2.22. The summed E-state index contributed by atoms with van der Waals surface area (Å²) in [5, 5.41) is 10.5. The fourth-order valence-electron chi connectivity index (χ4n) is 1.81. The van der Waals surface area contributed by atoms with Crippen LogP contribution in [-0.4, -0.2) is 18.9 Å². The van der Waals surface area contributed by atoms with Gasteiger partial charge in [-0.3, -0.25) is 10.1 Å². The van der Waals surface area contributed by atoms with Crippen molar-refractivity contribution < 1.29 is 22.5 Å². The molecule has 12 heteroatoms. The average molecular weight is 322 g/mol. The standard InChI is InChI=1S/C10H6F4N4O4/c1-15-9(19)16(10(20)17(15)8(13)14)6-2-5(12)7(18(21)22)3-4(6)11/h2-3,8H,1H3. The third-order valence-electron chi connectivity index (χ3n) is 2.82. The summed E-state index contributed by atoms with van der Waals surface area (Å²) in [6.45, 7) is -3.39. The molecule has 2 rings (SSSR count). The van der Waals surface area contributed by atoms with E-state index in [1.807, 2.05) is 0 Å². The first kappa shape index (κ1) is 15.5. The van der Waals surface area contributed by atoms with Gasteiger partial charge < -0.3 is 0 Å². The second kappa shape index (κ2) is 5.13. The maximum Gasteiger partial charge on any atom is 0.356 e. The van der Waals surface area contributed by atoms with Gasteiger partial charge in [0.25, 0.3) is 0 Å². The van der Waals surface area contributed by atoms with Crippen LogP contribution in [0.3, 0.4) is 0 Å². The summed E-state index contributed by atoms with van der Waals surface area (Å²) >= 11 is 0. The molecule has 8 nitrogen and oxygen atoms in total. The molecule has 0 aliphatic carbocycles. The number of benzene rings is 1. The zero-order valence-corrected chi connectivity index (χ0v) is 10.7. The number of hydrogen-bond acceptors (Lipinski definition) is 4. The number of nitrogens with zero attached hydrogens (tertiary/aromatic N) is 4. The number of rotatable bonds is 3. The molecular weight excluding hydrogens is 316 g/mol. The maximum absolute atomic E-state index is 13.8. The van der Waals surface area contributed by atoms with Crippen LogP contribution >= 0.6 is 0 Å². The minimum atomic E-state index is -3.39. The first-order valence-corrected chi connectivity index (χ1v) is 5.49. The Morgan fingerprint density at radius 3 is 2.18 bits per heavy atom. The zero-order chi connectivity index (χ0) is 16.8. The lowest BCUT2D eigenvalue weighted by Gasteiger charge is -2.02. The van der Waals surface area contributed by atoms with Crippen LogP contribution in [0.15, 0.2) is 21.7 Å². The van der Waals surface area contributed by atoms with Gasteiger partial charge in [0.15, 0.2) is 5.82 Å². The molecule has 0 aliphatic heterocycles. The molecule has 0 N–H and O–H groups in total. The predicted molar refractivity (Wildman–Crippen MR) is 63.1 cm³/mol. The number of aromatic nitrogens is 3. The quantitative estimate of drug-likeness (QED) is 0.477. The SMILES string of the molecule is Cn1c(=O)n(-c2cc(F)c([N+](=O)[O-])cc2F)c(=O)n1C(F)F. The Morgan fingerprint density at radius 1 is 1.14 bits per heavy atom. The lowest BCUT2D eigenvalue weighted by molar-refractivity contribution is -0.387. The van der Waals surface area contributed by atoms with Crippen molar-refractivity contribution in [2.75, 3.05) is 0 Å². The largest absolute Gasteiger partial charge is 0.356 e. The maximum atomic E-state index is 13.8. The Kier molecular flexibility index (Phi) is 3.60. The monoisotopic (exact) mass is 322 g/mol. The molecular formula is C10H6F4N4O4. The van der Waals surface area contributed by atoms with Gasteiger partial charge in [-0.15, -0.1) is 0 Å². The normalized spacial score (nSPS) is 11.2. The van der Waals surface area contributed by atoms with Gasteiger partial charge in [-0.1, -0.05) is 0 Å². The number of alkyl halides is 2. The van der Waals surface area contributed by atoms with E-state index in [-0.39, 0.29) is 26.1 Å². The van der Waals surface area contributed by atoms with Crippen LogP contribution in [0.25, 0.3) is 5.69 Å². The molecule has 0 spiro atoms.